The van der Waals surface area contributed by atoms with Crippen LogP contribution in [0.15, 0.2) is 48.6 Å². The molecule has 0 aromatic rings. The Morgan fingerprint density at radius 1 is 0.308 bits per heavy atom. The molecule has 0 rings (SSSR count). The predicted molar refractivity (Wildman–Crippen MR) is 279 cm³/mol. The third-order valence-corrected chi connectivity index (χ3v) is 12.3. The van der Waals surface area contributed by atoms with Crippen molar-refractivity contribution in [2.24, 2.45) is 0 Å². The standard InChI is InChI=1S/C59H106O6/c1-4-7-10-13-16-19-22-24-26-28-29-31-32-34-37-40-43-46-49-52-58(61)64-55-56(54-63-57(60)51-48-45-42-39-36-21-18-15-12-9-6-3)65-59(62)53-50-47-44-41-38-35-33-30-27-25-23-20-17-14-11-8-5-2/h15,17-18,20,24-27,56H,4-14,16,19,21-23,28-55H2,1-3H3/b18-15-,20-17-,26-24-,27-25-. The van der Waals surface area contributed by atoms with Crippen LogP contribution >= 0.6 is 0 Å². The van der Waals surface area contributed by atoms with E-state index in [1.54, 1.807) is 0 Å². The Kier molecular flexibility index (Phi) is 51.8. The van der Waals surface area contributed by atoms with Crippen LogP contribution in [0.1, 0.15) is 290 Å². The van der Waals surface area contributed by atoms with Crippen LogP contribution in [-0.4, -0.2) is 37.2 Å². The van der Waals surface area contributed by atoms with E-state index in [4.69, 9.17) is 14.2 Å². The summed E-state index contributed by atoms with van der Waals surface area (Å²) in [5, 5.41) is 0. The lowest BCUT2D eigenvalue weighted by molar-refractivity contribution is -0.167. The molecule has 6 heteroatoms. The maximum Gasteiger partial charge on any atom is 0.306 e. The van der Waals surface area contributed by atoms with Gasteiger partial charge in [-0.25, -0.2) is 0 Å². The average molecular weight is 911 g/mol. The molecule has 0 spiro atoms. The van der Waals surface area contributed by atoms with E-state index in [1.807, 2.05) is 0 Å². The summed E-state index contributed by atoms with van der Waals surface area (Å²) in [4.78, 5) is 38.1. The van der Waals surface area contributed by atoms with Gasteiger partial charge in [0.1, 0.15) is 13.2 Å². The number of esters is 3. The number of ether oxygens (including phenoxy) is 3. The van der Waals surface area contributed by atoms with Crippen LogP contribution in [0.5, 0.6) is 0 Å². The molecule has 0 aliphatic rings. The minimum absolute atomic E-state index is 0.0788. The van der Waals surface area contributed by atoms with Crippen molar-refractivity contribution in [2.75, 3.05) is 13.2 Å². The van der Waals surface area contributed by atoms with Crippen molar-refractivity contribution in [3.8, 4) is 0 Å². The molecule has 0 aromatic carbocycles. The topological polar surface area (TPSA) is 78.9 Å². The van der Waals surface area contributed by atoms with Crippen molar-refractivity contribution in [2.45, 2.75) is 297 Å². The summed E-state index contributed by atoms with van der Waals surface area (Å²) in [7, 11) is 0. The highest BCUT2D eigenvalue weighted by atomic mass is 16.6. The third-order valence-electron chi connectivity index (χ3n) is 12.3. The summed E-state index contributed by atoms with van der Waals surface area (Å²) >= 11 is 0. The Hall–Kier alpha value is -2.63. The zero-order chi connectivity index (χ0) is 47.2. The summed E-state index contributed by atoms with van der Waals surface area (Å²) < 4.78 is 16.8. The summed E-state index contributed by atoms with van der Waals surface area (Å²) in [5.41, 5.74) is 0. The highest BCUT2D eigenvalue weighted by Gasteiger charge is 2.19. The van der Waals surface area contributed by atoms with E-state index in [-0.39, 0.29) is 31.1 Å². The van der Waals surface area contributed by atoms with Gasteiger partial charge in [0.2, 0.25) is 0 Å². The fourth-order valence-electron chi connectivity index (χ4n) is 7.98. The maximum atomic E-state index is 12.8. The minimum Gasteiger partial charge on any atom is -0.462 e. The molecule has 0 heterocycles. The highest BCUT2D eigenvalue weighted by molar-refractivity contribution is 5.71. The number of unbranched alkanes of at least 4 members (excludes halogenated alkanes) is 32. The van der Waals surface area contributed by atoms with Gasteiger partial charge in [0.15, 0.2) is 6.10 Å². The first-order chi connectivity index (χ1) is 32.0. The van der Waals surface area contributed by atoms with Crippen LogP contribution in [0.4, 0.5) is 0 Å². The number of hydrogen-bond acceptors (Lipinski definition) is 6. The Balaban J connectivity index is 4.33. The van der Waals surface area contributed by atoms with E-state index in [2.05, 4.69) is 69.4 Å². The van der Waals surface area contributed by atoms with Crippen molar-refractivity contribution in [3.05, 3.63) is 48.6 Å². The van der Waals surface area contributed by atoms with Crippen molar-refractivity contribution < 1.29 is 28.6 Å². The Labute approximate surface area is 403 Å². The molecule has 0 N–H and O–H groups in total. The molecule has 0 amide bonds. The second-order valence-electron chi connectivity index (χ2n) is 18.8. The van der Waals surface area contributed by atoms with Gasteiger partial charge in [-0.2, -0.15) is 0 Å². The van der Waals surface area contributed by atoms with Crippen molar-refractivity contribution in [3.63, 3.8) is 0 Å². The first-order valence-electron chi connectivity index (χ1n) is 28.1. The molecule has 0 fully saturated rings. The predicted octanol–water partition coefficient (Wildman–Crippen LogP) is 18.7. The average Bonchev–Trinajstić information content (AvgIpc) is 3.30. The zero-order valence-corrected chi connectivity index (χ0v) is 43.3. The third kappa shape index (κ3) is 52.2. The van der Waals surface area contributed by atoms with E-state index >= 15 is 0 Å². The highest BCUT2D eigenvalue weighted by Crippen LogP contribution is 2.15. The van der Waals surface area contributed by atoms with E-state index in [1.165, 1.54) is 173 Å². The smallest absolute Gasteiger partial charge is 0.306 e. The van der Waals surface area contributed by atoms with Gasteiger partial charge in [0, 0.05) is 19.3 Å². The van der Waals surface area contributed by atoms with Gasteiger partial charge in [0.05, 0.1) is 0 Å². The maximum absolute atomic E-state index is 12.8. The van der Waals surface area contributed by atoms with Crippen molar-refractivity contribution in [1.29, 1.82) is 0 Å². The number of rotatable bonds is 51. The molecule has 0 aliphatic carbocycles. The molecule has 1 atom stereocenters. The monoisotopic (exact) mass is 911 g/mol. The van der Waals surface area contributed by atoms with Crippen LogP contribution in [0, 0.1) is 0 Å². The van der Waals surface area contributed by atoms with Crippen LogP contribution in [0.25, 0.3) is 0 Å². The SMILES string of the molecule is CCCC/C=C\CCCCCCCC(=O)OCC(COC(=O)CCCCCCCCCCC/C=C\CCCCCCCC)OC(=O)CCCCCCCCC/C=C\C/C=C\CCCCC. The normalized spacial score (nSPS) is 12.4. The van der Waals surface area contributed by atoms with Gasteiger partial charge in [-0.3, -0.25) is 14.4 Å². The zero-order valence-electron chi connectivity index (χ0n) is 43.3. The molecule has 65 heavy (non-hydrogen) atoms. The number of carbonyl (C=O) groups excluding carboxylic acids is 3. The molecular formula is C59H106O6. The number of allylic oxidation sites excluding steroid dienone is 8. The molecular weight excluding hydrogens is 805 g/mol. The summed E-state index contributed by atoms with van der Waals surface area (Å²) in [5.74, 6) is -0.888. The van der Waals surface area contributed by atoms with Crippen molar-refractivity contribution >= 4 is 17.9 Å². The molecule has 0 saturated carbocycles. The largest absolute Gasteiger partial charge is 0.462 e. The van der Waals surface area contributed by atoms with Gasteiger partial charge in [-0.05, 0) is 96.3 Å². The fraction of sp³-hybridized carbons (Fsp3) is 0.814. The van der Waals surface area contributed by atoms with Crippen LogP contribution in [-0.2, 0) is 28.6 Å². The number of carbonyl (C=O) groups is 3. The number of hydrogen-bond donors (Lipinski definition) is 0. The lowest BCUT2D eigenvalue weighted by atomic mass is 10.1. The summed E-state index contributed by atoms with van der Waals surface area (Å²) in [6, 6.07) is 0. The molecule has 0 radical (unpaired) electrons. The second kappa shape index (κ2) is 54.0. The quantitative estimate of drug-likeness (QED) is 0.0262. The van der Waals surface area contributed by atoms with Crippen molar-refractivity contribution in [1.82, 2.24) is 0 Å². The van der Waals surface area contributed by atoms with E-state index < -0.39 is 6.10 Å². The fourth-order valence-corrected chi connectivity index (χ4v) is 7.98. The van der Waals surface area contributed by atoms with Gasteiger partial charge >= 0.3 is 17.9 Å². The van der Waals surface area contributed by atoms with Gasteiger partial charge < -0.3 is 14.2 Å². The first kappa shape index (κ1) is 62.4. The van der Waals surface area contributed by atoms with E-state index in [9.17, 15) is 14.4 Å². The lowest BCUT2D eigenvalue weighted by Gasteiger charge is -2.18. The molecule has 0 aromatic heterocycles. The molecule has 0 bridgehead atoms. The molecule has 0 saturated heterocycles. The second-order valence-corrected chi connectivity index (χ2v) is 18.8. The van der Waals surface area contributed by atoms with Crippen LogP contribution < -0.4 is 0 Å². The van der Waals surface area contributed by atoms with Gasteiger partial charge in [0.25, 0.3) is 0 Å². The Morgan fingerprint density at radius 2 is 0.569 bits per heavy atom. The summed E-state index contributed by atoms with van der Waals surface area (Å²) in [6.07, 6.45) is 65.3. The van der Waals surface area contributed by atoms with Gasteiger partial charge in [-0.1, -0.05) is 223 Å². The molecule has 378 valence electrons. The molecule has 6 nitrogen and oxygen atoms in total. The van der Waals surface area contributed by atoms with E-state index in [0.29, 0.717) is 19.3 Å². The Morgan fingerprint density at radius 3 is 0.938 bits per heavy atom. The summed E-state index contributed by atoms with van der Waals surface area (Å²) in [6.45, 7) is 6.58. The molecule has 0 aliphatic heterocycles. The van der Waals surface area contributed by atoms with Crippen LogP contribution in [0.2, 0.25) is 0 Å². The Bertz CT molecular complexity index is 1140. The minimum atomic E-state index is -0.780. The van der Waals surface area contributed by atoms with E-state index in [0.717, 1.165) is 77.0 Å². The lowest BCUT2D eigenvalue weighted by Crippen LogP contribution is -2.30. The molecule has 1 unspecified atom stereocenters. The van der Waals surface area contributed by atoms with Crippen LogP contribution in [0.3, 0.4) is 0 Å². The first-order valence-corrected chi connectivity index (χ1v) is 28.1. The van der Waals surface area contributed by atoms with Gasteiger partial charge in [-0.15, -0.1) is 0 Å².